The molecule has 0 aromatic heterocycles. The molecule has 1 aliphatic heterocycles. The minimum absolute atomic E-state index is 0.154. The van der Waals surface area contributed by atoms with Crippen LogP contribution in [0.15, 0.2) is 42.5 Å². The van der Waals surface area contributed by atoms with Gasteiger partial charge in [-0.3, -0.25) is 0 Å². The van der Waals surface area contributed by atoms with Gasteiger partial charge in [0.2, 0.25) is 0 Å². The van der Waals surface area contributed by atoms with Crippen LogP contribution in [-0.4, -0.2) is 56.2 Å². The first-order valence-electron chi connectivity index (χ1n) is 9.94. The SMILES string of the molecule is CN1CCN(CCCOc2ccc(C#Cc3ccc(N)cc3)cc2C(F)(F)F)CC1. The molecule has 1 aliphatic rings. The molecule has 7 heteroatoms. The van der Waals surface area contributed by atoms with E-state index in [1.54, 1.807) is 30.3 Å². The number of hydrogen-bond acceptors (Lipinski definition) is 4. The van der Waals surface area contributed by atoms with Crippen LogP contribution in [0.5, 0.6) is 5.75 Å². The van der Waals surface area contributed by atoms with Crippen molar-refractivity contribution in [2.45, 2.75) is 12.6 Å². The molecule has 0 atom stereocenters. The number of nitrogens with two attached hydrogens (primary N) is 1. The number of hydrogen-bond donors (Lipinski definition) is 1. The minimum Gasteiger partial charge on any atom is -0.493 e. The maximum absolute atomic E-state index is 13.5. The van der Waals surface area contributed by atoms with E-state index in [1.165, 1.54) is 6.07 Å². The van der Waals surface area contributed by atoms with Crippen molar-refractivity contribution >= 4 is 5.69 Å². The summed E-state index contributed by atoms with van der Waals surface area (Å²) in [7, 11) is 2.09. The van der Waals surface area contributed by atoms with Crippen molar-refractivity contribution < 1.29 is 17.9 Å². The van der Waals surface area contributed by atoms with Crippen LogP contribution >= 0.6 is 0 Å². The average Bonchev–Trinajstić information content (AvgIpc) is 2.72. The van der Waals surface area contributed by atoms with Gasteiger partial charge in [0.25, 0.3) is 0 Å². The van der Waals surface area contributed by atoms with E-state index < -0.39 is 11.7 Å². The molecule has 0 spiro atoms. The smallest absolute Gasteiger partial charge is 0.420 e. The summed E-state index contributed by atoms with van der Waals surface area (Å²) < 4.78 is 46.0. The van der Waals surface area contributed by atoms with Crippen molar-refractivity contribution in [3.8, 4) is 17.6 Å². The van der Waals surface area contributed by atoms with Gasteiger partial charge in [-0.25, -0.2) is 0 Å². The first kappa shape index (κ1) is 22.0. The van der Waals surface area contributed by atoms with E-state index in [1.807, 2.05) is 0 Å². The number of piperazine rings is 1. The number of ether oxygens (including phenoxy) is 1. The molecular formula is C23H26F3N3O. The lowest BCUT2D eigenvalue weighted by Crippen LogP contribution is -2.44. The zero-order valence-electron chi connectivity index (χ0n) is 17.0. The summed E-state index contributed by atoms with van der Waals surface area (Å²) in [5.41, 5.74) is 6.39. The standard InChI is InChI=1S/C23H26F3N3O/c1-28-12-14-29(15-13-28)11-2-16-30-22-10-7-19(17-21(22)23(24,25)26)4-3-18-5-8-20(27)9-6-18/h5-10,17H,2,11-16,27H2,1H3. The topological polar surface area (TPSA) is 41.7 Å². The lowest BCUT2D eigenvalue weighted by Gasteiger charge is -2.32. The Hall–Kier alpha value is -2.69. The number of likely N-dealkylation sites (N-methyl/N-ethyl adjacent to an activating group) is 1. The highest BCUT2D eigenvalue weighted by Crippen LogP contribution is 2.36. The Morgan fingerprint density at radius 3 is 2.27 bits per heavy atom. The van der Waals surface area contributed by atoms with Crippen molar-refractivity contribution in [3.63, 3.8) is 0 Å². The molecule has 2 aromatic rings. The molecule has 0 amide bonds. The van der Waals surface area contributed by atoms with Crippen LogP contribution in [0, 0.1) is 11.8 Å². The summed E-state index contributed by atoms with van der Waals surface area (Å²) in [5, 5.41) is 0. The van der Waals surface area contributed by atoms with Crippen molar-refractivity contribution in [2.24, 2.45) is 0 Å². The summed E-state index contributed by atoms with van der Waals surface area (Å²) >= 11 is 0. The van der Waals surface area contributed by atoms with Gasteiger partial charge < -0.3 is 20.3 Å². The lowest BCUT2D eigenvalue weighted by atomic mass is 10.1. The molecule has 0 bridgehead atoms. The van der Waals surface area contributed by atoms with Gasteiger partial charge in [-0.05, 0) is 55.9 Å². The number of halogens is 3. The van der Waals surface area contributed by atoms with E-state index in [2.05, 4.69) is 28.7 Å². The van der Waals surface area contributed by atoms with Crippen LogP contribution in [0.1, 0.15) is 23.1 Å². The maximum Gasteiger partial charge on any atom is 0.420 e. The van der Waals surface area contributed by atoms with Crippen LogP contribution in [0.4, 0.5) is 18.9 Å². The largest absolute Gasteiger partial charge is 0.493 e. The molecule has 160 valence electrons. The Balaban J connectivity index is 1.62. The zero-order chi connectivity index (χ0) is 21.6. The number of alkyl halides is 3. The summed E-state index contributed by atoms with van der Waals surface area (Å²) in [5.74, 6) is 5.48. The molecule has 0 radical (unpaired) electrons. The van der Waals surface area contributed by atoms with E-state index in [4.69, 9.17) is 10.5 Å². The average molecular weight is 417 g/mol. The fraction of sp³-hybridized carbons (Fsp3) is 0.391. The molecule has 3 rings (SSSR count). The number of anilines is 1. The summed E-state index contributed by atoms with van der Waals surface area (Å²) in [4.78, 5) is 4.57. The molecule has 4 nitrogen and oxygen atoms in total. The molecule has 2 N–H and O–H groups in total. The predicted molar refractivity (Wildman–Crippen MR) is 112 cm³/mol. The Labute approximate surface area is 175 Å². The second-order valence-electron chi connectivity index (χ2n) is 7.43. The zero-order valence-corrected chi connectivity index (χ0v) is 17.0. The molecular weight excluding hydrogens is 391 g/mol. The van der Waals surface area contributed by atoms with E-state index >= 15 is 0 Å². The highest BCUT2D eigenvalue weighted by atomic mass is 19.4. The molecule has 0 unspecified atom stereocenters. The Kier molecular flexibility index (Phi) is 7.24. The molecule has 1 heterocycles. The fourth-order valence-electron chi connectivity index (χ4n) is 3.21. The van der Waals surface area contributed by atoms with Gasteiger partial charge in [-0.15, -0.1) is 0 Å². The summed E-state index contributed by atoms with van der Waals surface area (Å²) in [6, 6.07) is 10.8. The minimum atomic E-state index is -4.51. The monoisotopic (exact) mass is 417 g/mol. The van der Waals surface area contributed by atoms with Gasteiger partial charge in [0.05, 0.1) is 12.2 Å². The van der Waals surface area contributed by atoms with Gasteiger partial charge in [-0.2, -0.15) is 13.2 Å². The number of nitrogens with zero attached hydrogens (tertiary/aromatic N) is 2. The second-order valence-corrected chi connectivity index (χ2v) is 7.43. The lowest BCUT2D eigenvalue weighted by molar-refractivity contribution is -0.139. The fourth-order valence-corrected chi connectivity index (χ4v) is 3.21. The predicted octanol–water partition coefficient (Wildman–Crippen LogP) is 3.70. The van der Waals surface area contributed by atoms with Crippen molar-refractivity contribution in [1.29, 1.82) is 0 Å². The highest BCUT2D eigenvalue weighted by molar-refractivity contribution is 5.50. The molecule has 2 aromatic carbocycles. The van der Waals surface area contributed by atoms with E-state index in [0.29, 0.717) is 17.7 Å². The number of nitrogen functional groups attached to an aromatic ring is 1. The molecule has 1 saturated heterocycles. The molecule has 30 heavy (non-hydrogen) atoms. The second kappa shape index (κ2) is 9.88. The van der Waals surface area contributed by atoms with Gasteiger partial charge in [0.1, 0.15) is 5.75 Å². The summed E-state index contributed by atoms with van der Waals surface area (Å²) in [6.07, 6.45) is -3.83. The molecule has 1 fully saturated rings. The van der Waals surface area contributed by atoms with Crippen molar-refractivity contribution in [2.75, 3.05) is 52.1 Å². The molecule has 0 saturated carbocycles. The first-order valence-corrected chi connectivity index (χ1v) is 9.94. The van der Waals surface area contributed by atoms with Gasteiger partial charge in [0.15, 0.2) is 0 Å². The number of benzene rings is 2. The third-order valence-corrected chi connectivity index (χ3v) is 5.02. The van der Waals surface area contributed by atoms with Crippen molar-refractivity contribution in [3.05, 3.63) is 59.2 Å². The normalized spacial score (nSPS) is 15.5. The van der Waals surface area contributed by atoms with E-state index in [0.717, 1.165) is 38.8 Å². The van der Waals surface area contributed by atoms with Crippen LogP contribution in [0.3, 0.4) is 0 Å². The van der Waals surface area contributed by atoms with Gasteiger partial charge >= 0.3 is 6.18 Å². The van der Waals surface area contributed by atoms with Crippen LogP contribution in [0.2, 0.25) is 0 Å². The van der Waals surface area contributed by atoms with E-state index in [9.17, 15) is 13.2 Å². The first-order chi connectivity index (χ1) is 14.3. The molecule has 0 aliphatic carbocycles. The van der Waals surface area contributed by atoms with Crippen LogP contribution in [0.25, 0.3) is 0 Å². The number of rotatable bonds is 5. The third kappa shape index (κ3) is 6.41. The maximum atomic E-state index is 13.5. The van der Waals surface area contributed by atoms with Crippen LogP contribution < -0.4 is 10.5 Å². The quantitative estimate of drug-likeness (QED) is 0.458. The Bertz CT molecular complexity index is 893. The van der Waals surface area contributed by atoms with Gasteiger partial charge in [-0.1, -0.05) is 11.8 Å². The summed E-state index contributed by atoms with van der Waals surface area (Å²) in [6.45, 7) is 5.04. The Morgan fingerprint density at radius 2 is 1.60 bits per heavy atom. The van der Waals surface area contributed by atoms with Gasteiger partial charge in [0, 0.05) is 49.5 Å². The third-order valence-electron chi connectivity index (χ3n) is 5.02. The van der Waals surface area contributed by atoms with Crippen LogP contribution in [-0.2, 0) is 6.18 Å². The van der Waals surface area contributed by atoms with Crippen molar-refractivity contribution in [1.82, 2.24) is 9.80 Å². The highest BCUT2D eigenvalue weighted by Gasteiger charge is 2.34. The Morgan fingerprint density at radius 1 is 0.967 bits per heavy atom. The van der Waals surface area contributed by atoms with E-state index in [-0.39, 0.29) is 17.9 Å².